The van der Waals surface area contributed by atoms with Gasteiger partial charge in [0.1, 0.15) is 5.82 Å². The Balaban J connectivity index is 3.00. The number of nitrogens with one attached hydrogen (secondary N) is 1. The Kier molecular flexibility index (Phi) is 5.63. The second-order valence-electron chi connectivity index (χ2n) is 6.86. The Morgan fingerprint density at radius 2 is 1.95 bits per heavy atom. The van der Waals surface area contributed by atoms with Gasteiger partial charge in [-0.1, -0.05) is 13.3 Å². The van der Waals surface area contributed by atoms with Gasteiger partial charge in [0.05, 0.1) is 5.69 Å². The van der Waals surface area contributed by atoms with Crippen LogP contribution in [0.25, 0.3) is 0 Å². The normalized spacial score (nSPS) is 13.6. The first-order chi connectivity index (χ1) is 9.17. The zero-order valence-electron chi connectivity index (χ0n) is 14.5. The quantitative estimate of drug-likeness (QED) is 0.868. The molecule has 0 aliphatic heterocycles. The van der Waals surface area contributed by atoms with E-state index >= 15 is 0 Å². The topological polar surface area (TPSA) is 33.1 Å². The summed E-state index contributed by atoms with van der Waals surface area (Å²) in [6, 6.07) is 0.531. The van der Waals surface area contributed by atoms with Gasteiger partial charge in [0, 0.05) is 37.8 Å². The lowest BCUT2D eigenvalue weighted by molar-refractivity contribution is 0.423. The molecule has 116 valence electrons. The molecule has 0 fully saturated rings. The largest absolute Gasteiger partial charge is 0.357 e. The molecule has 1 aromatic rings. The Morgan fingerprint density at radius 3 is 2.45 bits per heavy atom. The Bertz CT molecular complexity index is 428. The molecule has 4 heteroatoms. The molecule has 0 aromatic carbocycles. The van der Waals surface area contributed by atoms with E-state index in [1.54, 1.807) is 0 Å². The van der Waals surface area contributed by atoms with E-state index in [9.17, 15) is 0 Å². The van der Waals surface area contributed by atoms with E-state index in [0.29, 0.717) is 6.04 Å². The molecule has 1 unspecified atom stereocenters. The first-order valence-corrected chi connectivity index (χ1v) is 7.67. The predicted octanol–water partition coefficient (Wildman–Crippen LogP) is 3.24. The summed E-state index contributed by atoms with van der Waals surface area (Å²) in [6.45, 7) is 14.1. The van der Waals surface area contributed by atoms with Crippen LogP contribution in [0, 0.1) is 6.92 Å². The molecule has 0 saturated carbocycles. The van der Waals surface area contributed by atoms with Crippen LogP contribution in [0.15, 0.2) is 0 Å². The molecule has 1 rings (SSSR count). The maximum absolute atomic E-state index is 4.61. The van der Waals surface area contributed by atoms with Gasteiger partial charge in [0.25, 0.3) is 0 Å². The Hall–Kier alpha value is -1.03. The third-order valence-electron chi connectivity index (χ3n) is 3.81. The van der Waals surface area contributed by atoms with Crippen molar-refractivity contribution in [1.29, 1.82) is 0 Å². The monoisotopic (exact) mass is 280 g/mol. The molecular formula is C16H32N4. The van der Waals surface area contributed by atoms with Crippen molar-refractivity contribution in [2.24, 2.45) is 7.05 Å². The fourth-order valence-corrected chi connectivity index (χ4v) is 2.51. The number of hydrogen-bond donors (Lipinski definition) is 1. The summed E-state index contributed by atoms with van der Waals surface area (Å²) in [6.07, 6.45) is 2.41. The molecule has 0 aliphatic carbocycles. The number of nitrogens with zero attached hydrogens (tertiary/aromatic N) is 3. The van der Waals surface area contributed by atoms with Crippen molar-refractivity contribution in [3.8, 4) is 0 Å². The van der Waals surface area contributed by atoms with Crippen molar-refractivity contribution < 1.29 is 0 Å². The first-order valence-electron chi connectivity index (χ1n) is 7.67. The predicted molar refractivity (Wildman–Crippen MR) is 87.3 cm³/mol. The molecule has 0 amide bonds. The van der Waals surface area contributed by atoms with Crippen LogP contribution in [0.5, 0.6) is 0 Å². The molecule has 1 heterocycles. The standard InChI is InChI=1S/C16H32N4/c1-9-10-12(2)19(7)15-14(11-17-16(4,5)6)13(3)18-20(15)8/h12,17H,9-11H2,1-8H3. The van der Waals surface area contributed by atoms with E-state index in [-0.39, 0.29) is 5.54 Å². The lowest BCUT2D eigenvalue weighted by Gasteiger charge is -2.29. The highest BCUT2D eigenvalue weighted by atomic mass is 15.4. The van der Waals surface area contributed by atoms with Crippen LogP contribution in [0.1, 0.15) is 58.7 Å². The SMILES string of the molecule is CCCC(C)N(C)c1c(CNC(C)(C)C)c(C)nn1C. The van der Waals surface area contributed by atoms with Crippen LogP contribution in [0.2, 0.25) is 0 Å². The van der Waals surface area contributed by atoms with Crippen LogP contribution < -0.4 is 10.2 Å². The lowest BCUT2D eigenvalue weighted by atomic mass is 10.1. The molecule has 20 heavy (non-hydrogen) atoms. The van der Waals surface area contributed by atoms with Crippen LogP contribution >= 0.6 is 0 Å². The van der Waals surface area contributed by atoms with Crippen LogP contribution in [0.4, 0.5) is 5.82 Å². The summed E-state index contributed by atoms with van der Waals surface area (Å²) in [4.78, 5) is 2.36. The molecule has 4 nitrogen and oxygen atoms in total. The second-order valence-corrected chi connectivity index (χ2v) is 6.86. The van der Waals surface area contributed by atoms with Crippen LogP contribution in [-0.2, 0) is 13.6 Å². The van der Waals surface area contributed by atoms with E-state index < -0.39 is 0 Å². The number of aryl methyl sites for hydroxylation is 2. The lowest BCUT2D eigenvalue weighted by Crippen LogP contribution is -2.36. The van der Waals surface area contributed by atoms with Gasteiger partial charge in [-0.2, -0.15) is 5.10 Å². The van der Waals surface area contributed by atoms with Gasteiger partial charge in [-0.3, -0.25) is 4.68 Å². The third kappa shape index (κ3) is 4.23. The van der Waals surface area contributed by atoms with Crippen molar-refractivity contribution in [3.63, 3.8) is 0 Å². The third-order valence-corrected chi connectivity index (χ3v) is 3.81. The van der Waals surface area contributed by atoms with E-state index in [2.05, 4.69) is 63.9 Å². The summed E-state index contributed by atoms with van der Waals surface area (Å²) in [5.74, 6) is 1.24. The molecule has 0 saturated heterocycles. The van der Waals surface area contributed by atoms with Crippen molar-refractivity contribution in [3.05, 3.63) is 11.3 Å². The summed E-state index contributed by atoms with van der Waals surface area (Å²) in [5.41, 5.74) is 2.55. The zero-order chi connectivity index (χ0) is 15.5. The summed E-state index contributed by atoms with van der Waals surface area (Å²) in [7, 11) is 4.22. The summed E-state index contributed by atoms with van der Waals surface area (Å²) >= 11 is 0. The first kappa shape index (κ1) is 17.0. The van der Waals surface area contributed by atoms with Crippen molar-refractivity contribution in [1.82, 2.24) is 15.1 Å². The van der Waals surface area contributed by atoms with Gasteiger partial charge >= 0.3 is 0 Å². The maximum Gasteiger partial charge on any atom is 0.131 e. The highest BCUT2D eigenvalue weighted by molar-refractivity contribution is 5.50. The second kappa shape index (κ2) is 6.61. The zero-order valence-corrected chi connectivity index (χ0v) is 14.5. The molecule has 1 aromatic heterocycles. The highest BCUT2D eigenvalue weighted by Gasteiger charge is 2.21. The average molecular weight is 280 g/mol. The van der Waals surface area contributed by atoms with E-state index in [0.717, 1.165) is 12.2 Å². The van der Waals surface area contributed by atoms with Crippen molar-refractivity contribution in [2.45, 2.75) is 72.5 Å². The molecule has 1 N–H and O–H groups in total. The van der Waals surface area contributed by atoms with E-state index in [1.165, 1.54) is 24.2 Å². The number of hydrogen-bond acceptors (Lipinski definition) is 3. The van der Waals surface area contributed by atoms with Crippen LogP contribution in [0.3, 0.4) is 0 Å². The molecular weight excluding hydrogens is 248 g/mol. The minimum atomic E-state index is 0.118. The average Bonchev–Trinajstić information content (AvgIpc) is 2.59. The van der Waals surface area contributed by atoms with Crippen LogP contribution in [-0.4, -0.2) is 28.4 Å². The van der Waals surface area contributed by atoms with Gasteiger partial charge in [0.2, 0.25) is 0 Å². The van der Waals surface area contributed by atoms with Gasteiger partial charge in [-0.25, -0.2) is 0 Å². The number of rotatable bonds is 6. The van der Waals surface area contributed by atoms with Gasteiger partial charge in [-0.15, -0.1) is 0 Å². The molecule has 1 atom stereocenters. The van der Waals surface area contributed by atoms with E-state index in [4.69, 9.17) is 0 Å². The Morgan fingerprint density at radius 1 is 1.35 bits per heavy atom. The molecule has 0 radical (unpaired) electrons. The minimum absolute atomic E-state index is 0.118. The fourth-order valence-electron chi connectivity index (χ4n) is 2.51. The smallest absolute Gasteiger partial charge is 0.131 e. The maximum atomic E-state index is 4.61. The minimum Gasteiger partial charge on any atom is -0.357 e. The number of anilines is 1. The van der Waals surface area contributed by atoms with Crippen molar-refractivity contribution >= 4 is 5.82 Å². The molecule has 0 aliphatic rings. The van der Waals surface area contributed by atoms with Gasteiger partial charge < -0.3 is 10.2 Å². The summed E-state index contributed by atoms with van der Waals surface area (Å²) in [5, 5.41) is 8.19. The Labute approximate surface area is 124 Å². The van der Waals surface area contributed by atoms with Gasteiger partial charge in [-0.05, 0) is 41.0 Å². The molecule has 0 spiro atoms. The summed E-state index contributed by atoms with van der Waals surface area (Å²) < 4.78 is 2.02. The highest BCUT2D eigenvalue weighted by Crippen LogP contribution is 2.25. The molecule has 0 bridgehead atoms. The van der Waals surface area contributed by atoms with Crippen molar-refractivity contribution in [2.75, 3.05) is 11.9 Å². The van der Waals surface area contributed by atoms with E-state index in [1.807, 2.05) is 11.7 Å². The number of aromatic nitrogens is 2. The van der Waals surface area contributed by atoms with Gasteiger partial charge in [0.15, 0.2) is 0 Å². The fraction of sp³-hybridized carbons (Fsp3) is 0.812.